The molecule has 3 aromatic heterocycles. The van der Waals surface area contributed by atoms with Gasteiger partial charge in [-0.2, -0.15) is 0 Å². The van der Waals surface area contributed by atoms with Crippen molar-refractivity contribution in [1.29, 1.82) is 0 Å². The summed E-state index contributed by atoms with van der Waals surface area (Å²) in [5.41, 5.74) is 0.908. The number of carbonyl (C=O) groups is 1. The van der Waals surface area contributed by atoms with E-state index in [1.54, 1.807) is 18.3 Å². The zero-order chi connectivity index (χ0) is 20.1. The minimum Gasteiger partial charge on any atom is -0.384 e. The van der Waals surface area contributed by atoms with Gasteiger partial charge in [0.05, 0.1) is 29.1 Å². The normalized spacial score (nSPS) is 11.4. The number of amides is 1. The third kappa shape index (κ3) is 4.94. The molecule has 28 heavy (non-hydrogen) atoms. The number of sulfonamides is 1. The van der Waals surface area contributed by atoms with Gasteiger partial charge in [0.2, 0.25) is 10.0 Å². The van der Waals surface area contributed by atoms with Crippen LogP contribution in [-0.4, -0.2) is 48.7 Å². The molecule has 0 bridgehead atoms. The van der Waals surface area contributed by atoms with E-state index < -0.39 is 21.7 Å². The summed E-state index contributed by atoms with van der Waals surface area (Å²) in [5, 5.41) is 0.542. The number of hydrogen-bond acceptors (Lipinski definition) is 8. The molecule has 146 valence electrons. The van der Waals surface area contributed by atoms with Crippen molar-refractivity contribution < 1.29 is 22.3 Å². The molecule has 1 amide bonds. The summed E-state index contributed by atoms with van der Waals surface area (Å²) in [5.74, 6) is -1.65. The van der Waals surface area contributed by atoms with Crippen LogP contribution in [0, 0.1) is 5.82 Å². The van der Waals surface area contributed by atoms with Gasteiger partial charge in [-0.05, 0) is 18.2 Å². The van der Waals surface area contributed by atoms with Crippen LogP contribution in [0.25, 0.3) is 21.1 Å². The van der Waals surface area contributed by atoms with Crippen molar-refractivity contribution >= 4 is 27.3 Å². The highest BCUT2D eigenvalue weighted by atomic mass is 32.2. The molecule has 0 spiro atoms. The maximum Gasteiger partial charge on any atom is 0.283 e. The lowest BCUT2D eigenvalue weighted by molar-refractivity contribution is 0.0976. The lowest BCUT2D eigenvalue weighted by Gasteiger charge is -2.06. The minimum absolute atomic E-state index is 0.0331. The zero-order valence-electron chi connectivity index (χ0n) is 14.6. The summed E-state index contributed by atoms with van der Waals surface area (Å²) >= 11 is 1.25. The second-order valence-corrected chi connectivity index (χ2v) is 8.44. The molecule has 0 fully saturated rings. The Morgan fingerprint density at radius 2 is 2.11 bits per heavy atom. The van der Waals surface area contributed by atoms with Gasteiger partial charge in [0.15, 0.2) is 0 Å². The molecule has 0 radical (unpaired) electrons. The number of rotatable bonds is 7. The van der Waals surface area contributed by atoms with Crippen LogP contribution in [0.5, 0.6) is 0 Å². The van der Waals surface area contributed by atoms with Gasteiger partial charge >= 0.3 is 0 Å². The molecule has 0 aromatic carbocycles. The Morgan fingerprint density at radius 3 is 2.86 bits per heavy atom. The molecule has 3 rings (SSSR count). The number of ether oxygens (including phenoxy) is 1. The van der Waals surface area contributed by atoms with Crippen LogP contribution in [-0.2, 0) is 14.8 Å². The van der Waals surface area contributed by atoms with E-state index in [0.29, 0.717) is 21.1 Å². The monoisotopic (exact) mass is 422 g/mol. The molecular formula is C17H15FN4O4S2. The quantitative estimate of drug-likeness (QED) is 0.621. The van der Waals surface area contributed by atoms with E-state index >= 15 is 0 Å². The van der Waals surface area contributed by atoms with Crippen molar-refractivity contribution in [2.45, 2.75) is 0 Å². The maximum atomic E-state index is 13.3. The van der Waals surface area contributed by atoms with E-state index in [1.165, 1.54) is 36.8 Å². The average molecular weight is 422 g/mol. The van der Waals surface area contributed by atoms with Crippen LogP contribution in [0.4, 0.5) is 4.39 Å². The topological polar surface area (TPSA) is 111 Å². The Labute approximate surface area is 164 Å². The molecule has 8 nitrogen and oxygen atoms in total. The molecule has 1 N–H and O–H groups in total. The van der Waals surface area contributed by atoms with Crippen molar-refractivity contribution in [3.63, 3.8) is 0 Å². The first-order valence-corrected chi connectivity index (χ1v) is 10.4. The molecule has 3 aromatic rings. The smallest absolute Gasteiger partial charge is 0.283 e. The van der Waals surface area contributed by atoms with Gasteiger partial charge in [-0.15, -0.1) is 11.3 Å². The number of nitrogens with one attached hydrogen (secondary N) is 1. The number of nitrogens with zero attached hydrogens (tertiary/aromatic N) is 3. The molecule has 3 heterocycles. The van der Waals surface area contributed by atoms with Gasteiger partial charge in [-0.25, -0.2) is 27.5 Å². The Balaban J connectivity index is 1.81. The third-order valence-electron chi connectivity index (χ3n) is 3.50. The van der Waals surface area contributed by atoms with Crippen LogP contribution in [0.3, 0.4) is 0 Å². The van der Waals surface area contributed by atoms with Gasteiger partial charge in [0, 0.05) is 25.1 Å². The van der Waals surface area contributed by atoms with Crippen molar-refractivity contribution in [2.24, 2.45) is 0 Å². The standard InChI is InChI=1S/C17H15FN4O4S2/c1-26-5-6-28(24,25)22-16(23)14-4-2-3-13(21-14)15-10-20-17(27-15)11-7-12(18)9-19-8-11/h2-4,7-10H,5-6H2,1H3,(H,22,23). The predicted molar refractivity (Wildman–Crippen MR) is 102 cm³/mol. The minimum atomic E-state index is -3.82. The SMILES string of the molecule is COCCS(=O)(=O)NC(=O)c1cccc(-c2cnc(-c3cncc(F)c3)s2)n1. The summed E-state index contributed by atoms with van der Waals surface area (Å²) in [6, 6.07) is 5.97. The van der Waals surface area contributed by atoms with Gasteiger partial charge in [0.25, 0.3) is 5.91 Å². The highest BCUT2D eigenvalue weighted by Crippen LogP contribution is 2.31. The largest absolute Gasteiger partial charge is 0.384 e. The average Bonchev–Trinajstić information content (AvgIpc) is 3.16. The van der Waals surface area contributed by atoms with E-state index in [9.17, 15) is 17.6 Å². The summed E-state index contributed by atoms with van der Waals surface area (Å²) in [6.45, 7) is -0.0331. The number of hydrogen-bond donors (Lipinski definition) is 1. The molecular weight excluding hydrogens is 407 g/mol. The highest BCUT2D eigenvalue weighted by Gasteiger charge is 2.18. The van der Waals surface area contributed by atoms with Gasteiger partial charge < -0.3 is 4.74 Å². The second kappa shape index (κ2) is 8.50. The molecule has 0 saturated heterocycles. The zero-order valence-corrected chi connectivity index (χ0v) is 16.3. The third-order valence-corrected chi connectivity index (χ3v) is 5.77. The molecule has 0 saturated carbocycles. The Hall–Kier alpha value is -2.76. The number of halogens is 1. The second-order valence-electron chi connectivity index (χ2n) is 5.57. The Morgan fingerprint density at radius 1 is 1.29 bits per heavy atom. The van der Waals surface area contributed by atoms with Crippen molar-refractivity contribution in [1.82, 2.24) is 19.7 Å². The molecule has 0 aliphatic carbocycles. The van der Waals surface area contributed by atoms with E-state index in [1.807, 2.05) is 4.72 Å². The van der Waals surface area contributed by atoms with Gasteiger partial charge in [-0.1, -0.05) is 6.07 Å². The lowest BCUT2D eigenvalue weighted by atomic mass is 10.2. The van der Waals surface area contributed by atoms with E-state index in [0.717, 1.165) is 6.20 Å². The number of carbonyl (C=O) groups excluding carboxylic acids is 1. The van der Waals surface area contributed by atoms with Crippen LogP contribution >= 0.6 is 11.3 Å². The Bertz CT molecular complexity index is 1100. The van der Waals surface area contributed by atoms with Crippen LogP contribution in [0.1, 0.15) is 10.5 Å². The van der Waals surface area contributed by atoms with Crippen molar-refractivity contribution in [3.05, 3.63) is 54.4 Å². The molecule has 0 aliphatic heterocycles. The number of thiazole rings is 1. The molecule has 11 heteroatoms. The van der Waals surface area contributed by atoms with E-state index in [2.05, 4.69) is 15.0 Å². The predicted octanol–water partition coefficient (Wildman–Crippen LogP) is 2.11. The number of pyridine rings is 2. The summed E-state index contributed by atoms with van der Waals surface area (Å²) in [4.78, 5) is 25.1. The van der Waals surface area contributed by atoms with Crippen molar-refractivity contribution in [2.75, 3.05) is 19.5 Å². The first kappa shape index (κ1) is 20.0. The van der Waals surface area contributed by atoms with Crippen LogP contribution in [0.2, 0.25) is 0 Å². The molecule has 0 unspecified atom stereocenters. The maximum absolute atomic E-state index is 13.3. The molecule has 0 aliphatic rings. The van der Waals surface area contributed by atoms with Crippen LogP contribution < -0.4 is 4.72 Å². The van der Waals surface area contributed by atoms with Gasteiger partial charge in [0.1, 0.15) is 16.5 Å². The fourth-order valence-electron chi connectivity index (χ4n) is 2.19. The number of aromatic nitrogens is 3. The lowest BCUT2D eigenvalue weighted by Crippen LogP contribution is -2.34. The van der Waals surface area contributed by atoms with Crippen LogP contribution in [0.15, 0.2) is 42.9 Å². The molecule has 0 atom stereocenters. The Kier molecular flexibility index (Phi) is 6.07. The van der Waals surface area contributed by atoms with Gasteiger partial charge in [-0.3, -0.25) is 9.78 Å². The fraction of sp³-hybridized carbons (Fsp3) is 0.176. The fourth-order valence-corrected chi connectivity index (χ4v) is 3.93. The highest BCUT2D eigenvalue weighted by molar-refractivity contribution is 7.90. The first-order chi connectivity index (χ1) is 13.4. The van der Waals surface area contributed by atoms with E-state index in [4.69, 9.17) is 4.74 Å². The summed E-state index contributed by atoms with van der Waals surface area (Å²) in [7, 11) is -2.45. The summed E-state index contributed by atoms with van der Waals surface area (Å²) in [6.07, 6.45) is 4.14. The summed E-state index contributed by atoms with van der Waals surface area (Å²) < 4.78 is 43.7. The first-order valence-electron chi connectivity index (χ1n) is 7.96. The van der Waals surface area contributed by atoms with Crippen molar-refractivity contribution in [3.8, 4) is 21.1 Å². The number of methoxy groups -OCH3 is 1. The van der Waals surface area contributed by atoms with E-state index in [-0.39, 0.29) is 18.1 Å².